The van der Waals surface area contributed by atoms with E-state index in [1.807, 2.05) is 6.07 Å². The van der Waals surface area contributed by atoms with Gasteiger partial charge in [0.1, 0.15) is 18.5 Å². The van der Waals surface area contributed by atoms with Gasteiger partial charge >= 0.3 is 0 Å². The number of nitrogens with zero attached hydrogens (tertiary/aromatic N) is 5. The molecule has 2 amide bonds. The lowest BCUT2D eigenvalue weighted by atomic mass is 10.0. The van der Waals surface area contributed by atoms with Gasteiger partial charge < -0.3 is 15.5 Å². The number of hydrogen-bond donors (Lipinski definition) is 2. The summed E-state index contributed by atoms with van der Waals surface area (Å²) in [5, 5.41) is 22.2. The average molecular weight is 530 g/mol. The summed E-state index contributed by atoms with van der Waals surface area (Å²) in [5.74, 6) is -1.39. The second-order valence-corrected chi connectivity index (χ2v) is 8.03. The number of anilines is 1. The van der Waals surface area contributed by atoms with Gasteiger partial charge in [-0.05, 0) is 55.7 Å². The Hall–Kier alpha value is -4.37. The third-order valence-corrected chi connectivity index (χ3v) is 5.34. The fourth-order valence-electron chi connectivity index (χ4n) is 3.35. The van der Waals surface area contributed by atoms with Crippen LogP contribution in [0.15, 0.2) is 41.7 Å². The average Bonchev–Trinajstić information content (AvgIpc) is 3.33. The van der Waals surface area contributed by atoms with E-state index in [0.717, 1.165) is 10.7 Å². The molecule has 3 aromatic rings. The minimum absolute atomic E-state index is 0.0206. The first-order valence-electron chi connectivity index (χ1n) is 10.9. The number of carbonyl (C=O) groups is 2. The monoisotopic (exact) mass is 529 g/mol. The highest BCUT2D eigenvalue weighted by Crippen LogP contribution is 2.27. The number of halogens is 3. The normalized spacial score (nSPS) is 10.9. The Balaban J connectivity index is 1.94. The summed E-state index contributed by atoms with van der Waals surface area (Å²) in [7, 11) is 1.42. The highest BCUT2D eigenvalue weighted by molar-refractivity contribution is 6.32. The molecule has 0 aliphatic rings. The summed E-state index contributed by atoms with van der Waals surface area (Å²) in [5.41, 5.74) is -0.159. The van der Waals surface area contributed by atoms with E-state index >= 15 is 0 Å². The Morgan fingerprint density at radius 1 is 1.32 bits per heavy atom. The highest BCUT2D eigenvalue weighted by Gasteiger charge is 2.25. The van der Waals surface area contributed by atoms with E-state index in [-0.39, 0.29) is 33.3 Å². The molecule has 0 atom stereocenters. The van der Waals surface area contributed by atoms with E-state index in [1.54, 1.807) is 19.2 Å². The van der Waals surface area contributed by atoms with Crippen LogP contribution < -0.4 is 10.6 Å². The highest BCUT2D eigenvalue weighted by atomic mass is 35.5. The molecule has 0 saturated heterocycles. The quantitative estimate of drug-likeness (QED) is 0.226. The lowest BCUT2D eigenvalue weighted by Gasteiger charge is -2.15. The number of benzene rings is 1. The number of unbranched alkanes of at least 4 members (excludes halogenated alkanes) is 1. The van der Waals surface area contributed by atoms with E-state index in [4.69, 9.17) is 11.6 Å². The Labute approximate surface area is 215 Å². The van der Waals surface area contributed by atoms with Crippen molar-refractivity contribution < 1.29 is 23.2 Å². The fraction of sp³-hybridized carbons (Fsp3) is 0.250. The summed E-state index contributed by atoms with van der Waals surface area (Å²) in [6, 6.07) is 8.74. The fourth-order valence-corrected chi connectivity index (χ4v) is 3.56. The lowest BCUT2D eigenvalue weighted by molar-refractivity contribution is 0.0954. The van der Waals surface area contributed by atoms with Gasteiger partial charge in [-0.1, -0.05) is 16.8 Å². The zero-order valence-corrected chi connectivity index (χ0v) is 20.6. The zero-order chi connectivity index (χ0) is 26.9. The van der Waals surface area contributed by atoms with Gasteiger partial charge in [-0.15, -0.1) is 0 Å². The third kappa shape index (κ3) is 6.65. The number of aryl methyl sites for hydroxylation is 1. The van der Waals surface area contributed by atoms with E-state index in [2.05, 4.69) is 30.7 Å². The second kappa shape index (κ2) is 12.5. The van der Waals surface area contributed by atoms with Crippen molar-refractivity contribution in [1.29, 1.82) is 5.26 Å². The summed E-state index contributed by atoms with van der Waals surface area (Å²) < 4.78 is 27.8. The van der Waals surface area contributed by atoms with Gasteiger partial charge in [0, 0.05) is 19.0 Å². The van der Waals surface area contributed by atoms with Crippen molar-refractivity contribution in [2.75, 3.05) is 19.0 Å². The molecule has 0 unspecified atom stereocenters. The molecule has 0 aliphatic heterocycles. The van der Waals surface area contributed by atoms with E-state index in [1.165, 1.54) is 31.5 Å². The Morgan fingerprint density at radius 2 is 2.11 bits per heavy atom. The van der Waals surface area contributed by atoms with Crippen molar-refractivity contribution in [1.82, 2.24) is 20.1 Å². The van der Waals surface area contributed by atoms with Gasteiger partial charge in [-0.2, -0.15) is 10.4 Å². The minimum atomic E-state index is -2.96. The zero-order valence-electron chi connectivity index (χ0n) is 19.8. The number of rotatable bonds is 10. The molecule has 13 heteroatoms. The first kappa shape index (κ1) is 27.2. The van der Waals surface area contributed by atoms with E-state index in [9.17, 15) is 23.6 Å². The van der Waals surface area contributed by atoms with Crippen molar-refractivity contribution in [2.24, 2.45) is 5.16 Å². The Morgan fingerprint density at radius 3 is 2.78 bits per heavy atom. The first-order valence-corrected chi connectivity index (χ1v) is 11.3. The van der Waals surface area contributed by atoms with Gasteiger partial charge in [-0.3, -0.25) is 9.59 Å². The predicted octanol–water partition coefficient (Wildman–Crippen LogP) is 4.43. The molecule has 1 aromatic carbocycles. The van der Waals surface area contributed by atoms with Gasteiger partial charge in [0.15, 0.2) is 5.82 Å². The molecule has 10 nitrogen and oxygen atoms in total. The molecule has 2 aromatic heterocycles. The van der Waals surface area contributed by atoms with Crippen molar-refractivity contribution in [3.8, 4) is 11.9 Å². The van der Waals surface area contributed by atoms with Crippen LogP contribution >= 0.6 is 11.6 Å². The number of nitrogens with one attached hydrogen (secondary N) is 2. The number of alkyl halides is 2. The van der Waals surface area contributed by atoms with Crippen molar-refractivity contribution >= 4 is 35.3 Å². The predicted molar refractivity (Wildman–Crippen MR) is 132 cm³/mol. The molecule has 37 heavy (non-hydrogen) atoms. The van der Waals surface area contributed by atoms with Crippen LogP contribution in [0.2, 0.25) is 5.02 Å². The molecule has 2 heterocycles. The van der Waals surface area contributed by atoms with Crippen molar-refractivity contribution in [3.05, 3.63) is 69.6 Å². The first-order chi connectivity index (χ1) is 17.8. The minimum Gasteiger partial charge on any atom is -0.399 e. The summed E-state index contributed by atoms with van der Waals surface area (Å²) in [6.07, 6.45) is 1.10. The van der Waals surface area contributed by atoms with Crippen LogP contribution in [0, 0.1) is 18.3 Å². The topological polar surface area (TPSA) is 134 Å². The summed E-state index contributed by atoms with van der Waals surface area (Å²) in [4.78, 5) is 34.9. The molecule has 0 bridgehead atoms. The maximum Gasteiger partial charge on any atom is 0.282 e. The van der Waals surface area contributed by atoms with E-state index in [0.29, 0.717) is 24.9 Å². The van der Waals surface area contributed by atoms with Gasteiger partial charge in [-0.25, -0.2) is 18.4 Å². The largest absolute Gasteiger partial charge is 0.399 e. The number of amides is 2. The summed E-state index contributed by atoms with van der Waals surface area (Å²) >= 11 is 6.16. The molecule has 0 aliphatic carbocycles. The molecule has 3 rings (SSSR count). The molecule has 0 spiro atoms. The van der Waals surface area contributed by atoms with Crippen LogP contribution in [-0.2, 0) is 4.84 Å². The van der Waals surface area contributed by atoms with Crippen LogP contribution in [-0.4, -0.2) is 46.4 Å². The van der Waals surface area contributed by atoms with Crippen molar-refractivity contribution in [3.63, 3.8) is 0 Å². The van der Waals surface area contributed by atoms with Crippen LogP contribution in [0.25, 0.3) is 5.82 Å². The Bertz CT molecular complexity index is 1370. The lowest BCUT2D eigenvalue weighted by Crippen LogP contribution is -2.27. The maximum atomic E-state index is 13.4. The molecule has 0 radical (unpaired) electrons. The van der Waals surface area contributed by atoms with Crippen molar-refractivity contribution in [2.45, 2.75) is 26.2 Å². The van der Waals surface area contributed by atoms with Crippen LogP contribution in [0.4, 0.5) is 14.5 Å². The number of carbonyl (C=O) groups excluding carboxylic acids is 2. The molecule has 192 valence electrons. The van der Waals surface area contributed by atoms with E-state index < -0.39 is 23.9 Å². The second-order valence-electron chi connectivity index (χ2n) is 7.63. The number of aromatic nitrogens is 3. The molecule has 2 N–H and O–H groups in total. The standard InChI is InChI=1S/C24H22ClF2N7O3/c1-14-10-15(13-28)11-16(23(35)30-7-3-4-9-31-37-2)20(14)32-24(36)19-12-18(21(26)27)33-34(19)22-17(25)6-5-8-29-22/h5-6,8-12,21H,3-4,7H2,1-2H3,(H,30,35)(H,32,36)/b31-9+. The number of nitriles is 1. The van der Waals surface area contributed by atoms with Crippen LogP contribution in [0.5, 0.6) is 0 Å². The Kier molecular flexibility index (Phi) is 9.23. The number of pyridine rings is 1. The number of oxime groups is 1. The smallest absolute Gasteiger partial charge is 0.282 e. The molecular formula is C24H22ClF2N7O3. The molecule has 0 fully saturated rings. The third-order valence-electron chi connectivity index (χ3n) is 5.05. The van der Waals surface area contributed by atoms with Crippen LogP contribution in [0.3, 0.4) is 0 Å². The SMILES string of the molecule is CO/N=C/CCCNC(=O)c1cc(C#N)cc(C)c1NC(=O)c1cc(C(F)F)nn1-c1ncccc1Cl. The molecule has 0 saturated carbocycles. The molecular weight excluding hydrogens is 508 g/mol. The van der Waals surface area contributed by atoms with Gasteiger partial charge in [0.25, 0.3) is 18.2 Å². The van der Waals surface area contributed by atoms with Crippen LogP contribution in [0.1, 0.15) is 56.9 Å². The maximum absolute atomic E-state index is 13.4. The summed E-state index contributed by atoms with van der Waals surface area (Å²) in [6.45, 7) is 1.90. The van der Waals surface area contributed by atoms with Gasteiger partial charge in [0.2, 0.25) is 0 Å². The van der Waals surface area contributed by atoms with Gasteiger partial charge in [0.05, 0.1) is 27.9 Å². The number of hydrogen-bond acceptors (Lipinski definition) is 7.